The fourth-order valence-corrected chi connectivity index (χ4v) is 2.08. The Balaban J connectivity index is 2.87. The van der Waals surface area contributed by atoms with Gasteiger partial charge in [-0.1, -0.05) is 11.6 Å². The number of aromatic nitrogens is 1. The van der Waals surface area contributed by atoms with Crippen LogP contribution < -0.4 is 0 Å². The second-order valence-electron chi connectivity index (χ2n) is 3.18. The van der Waals surface area contributed by atoms with Gasteiger partial charge in [-0.3, -0.25) is 4.55 Å². The first-order chi connectivity index (χ1) is 6.48. The van der Waals surface area contributed by atoms with Crippen molar-refractivity contribution in [2.75, 3.05) is 0 Å². The molecule has 2 rings (SSSR count). The van der Waals surface area contributed by atoms with E-state index >= 15 is 0 Å². The molecule has 0 saturated heterocycles. The van der Waals surface area contributed by atoms with Gasteiger partial charge in [0, 0.05) is 17.1 Å². The number of benzene rings is 1. The molecule has 0 aliphatic carbocycles. The highest BCUT2D eigenvalue weighted by molar-refractivity contribution is 7.86. The Labute approximate surface area is 81.3 Å². The van der Waals surface area contributed by atoms with Gasteiger partial charge in [-0.2, -0.15) is 8.42 Å². The predicted octanol–water partition coefficient (Wildman–Crippen LogP) is 1.72. The second kappa shape index (κ2) is 2.83. The Hall–Kier alpha value is -1.33. The molecule has 1 heterocycles. The third-order valence-corrected chi connectivity index (χ3v) is 2.97. The molecular weight excluding hydrogens is 202 g/mol. The minimum atomic E-state index is -4.13. The standard InChI is InChI=1S/C9H9NO3S/c1-6-2-3-8-7(4-6)9(5-10-8)14(11,12)13/h2-5,10H,1H3,(H,11,12,13). The Morgan fingerprint density at radius 1 is 1.36 bits per heavy atom. The first-order valence-electron chi connectivity index (χ1n) is 4.04. The van der Waals surface area contributed by atoms with E-state index in [1.165, 1.54) is 6.20 Å². The normalized spacial score (nSPS) is 12.1. The average Bonchev–Trinajstić information content (AvgIpc) is 2.45. The molecule has 0 aliphatic heterocycles. The van der Waals surface area contributed by atoms with E-state index in [2.05, 4.69) is 4.98 Å². The molecule has 2 N–H and O–H groups in total. The molecule has 1 aromatic carbocycles. The number of rotatable bonds is 1. The third kappa shape index (κ3) is 1.40. The fourth-order valence-electron chi connectivity index (χ4n) is 1.42. The topological polar surface area (TPSA) is 70.2 Å². The highest BCUT2D eigenvalue weighted by Gasteiger charge is 2.15. The summed E-state index contributed by atoms with van der Waals surface area (Å²) in [5.74, 6) is 0. The Morgan fingerprint density at radius 2 is 2.07 bits per heavy atom. The van der Waals surface area contributed by atoms with Gasteiger partial charge in [0.2, 0.25) is 0 Å². The van der Waals surface area contributed by atoms with E-state index in [1.54, 1.807) is 12.1 Å². The summed E-state index contributed by atoms with van der Waals surface area (Å²) in [5.41, 5.74) is 1.64. The molecule has 0 unspecified atom stereocenters. The monoisotopic (exact) mass is 211 g/mol. The lowest BCUT2D eigenvalue weighted by Crippen LogP contribution is -1.96. The van der Waals surface area contributed by atoms with Crippen LogP contribution in [0.5, 0.6) is 0 Å². The molecule has 14 heavy (non-hydrogen) atoms. The van der Waals surface area contributed by atoms with Crippen LogP contribution in [0.2, 0.25) is 0 Å². The van der Waals surface area contributed by atoms with Crippen molar-refractivity contribution in [2.45, 2.75) is 11.8 Å². The molecular formula is C9H9NO3S. The van der Waals surface area contributed by atoms with Crippen molar-refractivity contribution in [2.24, 2.45) is 0 Å². The lowest BCUT2D eigenvalue weighted by Gasteiger charge is -1.95. The van der Waals surface area contributed by atoms with Crippen molar-refractivity contribution in [3.63, 3.8) is 0 Å². The minimum absolute atomic E-state index is 0.0730. The van der Waals surface area contributed by atoms with Gasteiger partial charge in [-0.25, -0.2) is 0 Å². The zero-order chi connectivity index (χ0) is 10.3. The number of nitrogens with one attached hydrogen (secondary N) is 1. The summed E-state index contributed by atoms with van der Waals surface area (Å²) in [7, 11) is -4.13. The van der Waals surface area contributed by atoms with Crippen LogP contribution in [-0.4, -0.2) is 18.0 Å². The zero-order valence-electron chi connectivity index (χ0n) is 7.48. The van der Waals surface area contributed by atoms with Crippen LogP contribution in [0.15, 0.2) is 29.3 Å². The third-order valence-electron chi connectivity index (χ3n) is 2.08. The maximum atomic E-state index is 11.0. The number of aryl methyl sites for hydroxylation is 1. The van der Waals surface area contributed by atoms with Gasteiger partial charge in [0.05, 0.1) is 0 Å². The first kappa shape index (κ1) is 9.23. The summed E-state index contributed by atoms with van der Waals surface area (Å²) < 4.78 is 30.8. The Bertz CT molecular complexity index is 583. The molecule has 5 heteroatoms. The quantitative estimate of drug-likeness (QED) is 0.705. The molecule has 0 aliphatic rings. The van der Waals surface area contributed by atoms with Crippen LogP contribution >= 0.6 is 0 Å². The number of aromatic amines is 1. The molecule has 0 bridgehead atoms. The van der Waals surface area contributed by atoms with E-state index in [9.17, 15) is 8.42 Å². The SMILES string of the molecule is Cc1ccc2[nH]cc(S(=O)(=O)O)c2c1. The van der Waals surface area contributed by atoms with Crippen LogP contribution in [0.25, 0.3) is 10.9 Å². The van der Waals surface area contributed by atoms with Gasteiger partial charge in [-0.05, 0) is 19.1 Å². The van der Waals surface area contributed by atoms with E-state index in [-0.39, 0.29) is 4.90 Å². The van der Waals surface area contributed by atoms with E-state index < -0.39 is 10.1 Å². The van der Waals surface area contributed by atoms with Gasteiger partial charge >= 0.3 is 0 Å². The summed E-state index contributed by atoms with van der Waals surface area (Å²) in [6.07, 6.45) is 1.29. The van der Waals surface area contributed by atoms with Crippen LogP contribution in [0.3, 0.4) is 0 Å². The van der Waals surface area contributed by atoms with E-state index in [0.29, 0.717) is 10.9 Å². The van der Waals surface area contributed by atoms with Crippen LogP contribution in [0, 0.1) is 6.92 Å². The molecule has 74 valence electrons. The number of H-pyrrole nitrogens is 1. The zero-order valence-corrected chi connectivity index (χ0v) is 8.30. The van der Waals surface area contributed by atoms with Gasteiger partial charge in [0.15, 0.2) is 0 Å². The van der Waals surface area contributed by atoms with Crippen molar-refractivity contribution in [3.05, 3.63) is 30.0 Å². The largest absolute Gasteiger partial charge is 0.360 e. The molecule has 0 radical (unpaired) electrons. The highest BCUT2D eigenvalue weighted by atomic mass is 32.2. The van der Waals surface area contributed by atoms with Crippen LogP contribution in [0.1, 0.15) is 5.56 Å². The van der Waals surface area contributed by atoms with E-state index in [1.807, 2.05) is 13.0 Å². The molecule has 4 nitrogen and oxygen atoms in total. The van der Waals surface area contributed by atoms with Crippen LogP contribution in [-0.2, 0) is 10.1 Å². The Morgan fingerprint density at radius 3 is 2.71 bits per heavy atom. The van der Waals surface area contributed by atoms with E-state index in [0.717, 1.165) is 5.56 Å². The summed E-state index contributed by atoms with van der Waals surface area (Å²) in [6, 6.07) is 5.36. The smallest absolute Gasteiger partial charge is 0.296 e. The van der Waals surface area contributed by atoms with Gasteiger partial charge in [0.1, 0.15) is 4.90 Å². The molecule has 2 aromatic rings. The van der Waals surface area contributed by atoms with Crippen LogP contribution in [0.4, 0.5) is 0 Å². The lowest BCUT2D eigenvalue weighted by atomic mass is 10.2. The van der Waals surface area contributed by atoms with Gasteiger partial charge in [-0.15, -0.1) is 0 Å². The molecule has 1 aromatic heterocycles. The maximum Gasteiger partial charge on any atom is 0.296 e. The second-order valence-corrected chi connectivity index (χ2v) is 4.57. The fraction of sp³-hybridized carbons (Fsp3) is 0.111. The van der Waals surface area contributed by atoms with Crippen molar-refractivity contribution in [1.29, 1.82) is 0 Å². The minimum Gasteiger partial charge on any atom is -0.360 e. The van der Waals surface area contributed by atoms with Gasteiger partial charge < -0.3 is 4.98 Å². The van der Waals surface area contributed by atoms with E-state index in [4.69, 9.17) is 4.55 Å². The summed E-state index contributed by atoms with van der Waals surface area (Å²) in [5, 5.41) is 0.521. The highest BCUT2D eigenvalue weighted by Crippen LogP contribution is 2.23. The lowest BCUT2D eigenvalue weighted by molar-refractivity contribution is 0.484. The Kier molecular flexibility index (Phi) is 1.87. The molecule has 0 amide bonds. The molecule has 0 fully saturated rings. The molecule has 0 spiro atoms. The number of hydrogen-bond acceptors (Lipinski definition) is 2. The van der Waals surface area contributed by atoms with Crippen molar-refractivity contribution >= 4 is 21.0 Å². The predicted molar refractivity (Wildman–Crippen MR) is 52.9 cm³/mol. The van der Waals surface area contributed by atoms with Crippen molar-refractivity contribution in [1.82, 2.24) is 4.98 Å². The number of hydrogen-bond donors (Lipinski definition) is 2. The number of fused-ring (bicyclic) bond motifs is 1. The molecule has 0 saturated carbocycles. The summed E-state index contributed by atoms with van der Waals surface area (Å²) in [4.78, 5) is 2.71. The summed E-state index contributed by atoms with van der Waals surface area (Å²) >= 11 is 0. The first-order valence-corrected chi connectivity index (χ1v) is 5.48. The van der Waals surface area contributed by atoms with Gasteiger partial charge in [0.25, 0.3) is 10.1 Å². The molecule has 0 atom stereocenters. The average molecular weight is 211 g/mol. The van der Waals surface area contributed by atoms with Crippen molar-refractivity contribution in [3.8, 4) is 0 Å². The maximum absolute atomic E-state index is 11.0. The van der Waals surface area contributed by atoms with Crippen molar-refractivity contribution < 1.29 is 13.0 Å². The summed E-state index contributed by atoms with van der Waals surface area (Å²) in [6.45, 7) is 1.86.